The first-order valence-electron chi connectivity index (χ1n) is 9.17. The first-order chi connectivity index (χ1) is 12.7. The number of anilines is 2. The van der Waals surface area contributed by atoms with Crippen LogP contribution in [0, 0.1) is 0 Å². The zero-order valence-electron chi connectivity index (χ0n) is 15.9. The number of hydrogen-bond donors (Lipinski definition) is 2. The molecule has 26 heavy (non-hydrogen) atoms. The van der Waals surface area contributed by atoms with E-state index in [9.17, 15) is 0 Å². The van der Waals surface area contributed by atoms with Crippen molar-refractivity contribution in [2.24, 2.45) is 4.99 Å². The van der Waals surface area contributed by atoms with Gasteiger partial charge < -0.3 is 20.4 Å². The summed E-state index contributed by atoms with van der Waals surface area (Å²) in [5.41, 5.74) is 2.47. The zero-order chi connectivity index (χ0) is 18.4. The predicted molar refractivity (Wildman–Crippen MR) is 114 cm³/mol. The van der Waals surface area contributed by atoms with Crippen molar-refractivity contribution in [3.8, 4) is 0 Å². The van der Waals surface area contributed by atoms with E-state index in [1.165, 1.54) is 16.3 Å². The van der Waals surface area contributed by atoms with Gasteiger partial charge in [0.25, 0.3) is 0 Å². The Balaban J connectivity index is 1.45. The van der Waals surface area contributed by atoms with Gasteiger partial charge in [-0.15, -0.1) is 11.3 Å². The summed E-state index contributed by atoms with van der Waals surface area (Å²) in [6, 6.07) is 13.4. The van der Waals surface area contributed by atoms with Crippen molar-refractivity contribution in [2.75, 3.05) is 44.0 Å². The van der Waals surface area contributed by atoms with Crippen LogP contribution in [0.5, 0.6) is 0 Å². The summed E-state index contributed by atoms with van der Waals surface area (Å²) < 4.78 is 0. The molecule has 1 aliphatic rings. The number of nitrogens with zero attached hydrogens (tertiary/aromatic N) is 3. The third kappa shape index (κ3) is 4.91. The Bertz CT molecular complexity index is 686. The van der Waals surface area contributed by atoms with Crippen molar-refractivity contribution >= 4 is 28.0 Å². The van der Waals surface area contributed by atoms with E-state index in [1.807, 2.05) is 18.4 Å². The van der Waals surface area contributed by atoms with E-state index in [0.717, 1.165) is 38.4 Å². The van der Waals surface area contributed by atoms with E-state index in [-0.39, 0.29) is 0 Å². The highest BCUT2D eigenvalue weighted by molar-refractivity contribution is 7.14. The second kappa shape index (κ2) is 8.94. The number of piperidine rings is 1. The smallest absolute Gasteiger partial charge is 0.191 e. The molecule has 0 bridgehead atoms. The minimum atomic E-state index is 0.480. The molecule has 0 unspecified atom stereocenters. The van der Waals surface area contributed by atoms with Crippen molar-refractivity contribution in [1.29, 1.82) is 0 Å². The predicted octanol–water partition coefficient (Wildman–Crippen LogP) is 3.15. The van der Waals surface area contributed by atoms with Gasteiger partial charge in [0.2, 0.25) is 0 Å². The molecule has 1 aromatic heterocycles. The summed E-state index contributed by atoms with van der Waals surface area (Å²) in [5.74, 6) is 0.885. The number of guanidine groups is 1. The summed E-state index contributed by atoms with van der Waals surface area (Å²) >= 11 is 1.82. The van der Waals surface area contributed by atoms with Gasteiger partial charge in [-0.25, -0.2) is 0 Å². The van der Waals surface area contributed by atoms with Crippen LogP contribution < -0.4 is 20.4 Å². The average molecular weight is 372 g/mol. The monoisotopic (exact) mass is 371 g/mol. The molecule has 1 saturated heterocycles. The van der Waals surface area contributed by atoms with E-state index in [2.05, 4.69) is 81.3 Å². The highest BCUT2D eigenvalue weighted by Crippen LogP contribution is 2.24. The molecule has 2 N–H and O–H groups in total. The maximum atomic E-state index is 4.39. The van der Waals surface area contributed by atoms with E-state index in [0.29, 0.717) is 6.04 Å². The summed E-state index contributed by atoms with van der Waals surface area (Å²) in [6.07, 6.45) is 2.27. The Kier molecular flexibility index (Phi) is 6.39. The molecular formula is C20H29N5S. The first kappa shape index (κ1) is 18.6. The zero-order valence-corrected chi connectivity index (χ0v) is 16.7. The minimum Gasteiger partial charge on any atom is -0.378 e. The second-order valence-electron chi connectivity index (χ2n) is 6.84. The Morgan fingerprint density at radius 3 is 2.50 bits per heavy atom. The lowest BCUT2D eigenvalue weighted by molar-refractivity contribution is 0.463. The van der Waals surface area contributed by atoms with E-state index < -0.39 is 0 Å². The molecule has 1 aliphatic heterocycles. The van der Waals surface area contributed by atoms with Crippen LogP contribution in [-0.4, -0.2) is 46.2 Å². The van der Waals surface area contributed by atoms with Crippen LogP contribution in [0.3, 0.4) is 0 Å². The van der Waals surface area contributed by atoms with E-state index in [4.69, 9.17) is 0 Å². The molecule has 140 valence electrons. The highest BCUT2D eigenvalue weighted by Gasteiger charge is 2.20. The number of nitrogens with one attached hydrogen (secondary N) is 2. The Labute approximate surface area is 160 Å². The number of benzene rings is 1. The van der Waals surface area contributed by atoms with Crippen LogP contribution in [-0.2, 0) is 6.54 Å². The molecule has 1 aromatic carbocycles. The van der Waals surface area contributed by atoms with Gasteiger partial charge in [0, 0.05) is 52.5 Å². The summed E-state index contributed by atoms with van der Waals surface area (Å²) in [6.45, 7) is 2.98. The molecule has 0 saturated carbocycles. The minimum absolute atomic E-state index is 0.480. The summed E-state index contributed by atoms with van der Waals surface area (Å²) in [5, 5.41) is 10.5. The molecule has 0 spiro atoms. The van der Waals surface area contributed by atoms with Gasteiger partial charge in [0.1, 0.15) is 0 Å². The molecule has 0 atom stereocenters. The molecule has 0 radical (unpaired) electrons. The van der Waals surface area contributed by atoms with Crippen molar-refractivity contribution in [1.82, 2.24) is 10.6 Å². The Morgan fingerprint density at radius 2 is 1.92 bits per heavy atom. The standard InChI is InChI=1S/C20H29N5S/c1-21-20(22-15-16-6-8-18(9-7-16)24(2)3)23-17-10-12-25(13-11-17)19-5-4-14-26-19/h4-9,14,17H,10-13,15H2,1-3H3,(H2,21,22,23). The lowest BCUT2D eigenvalue weighted by atomic mass is 10.1. The van der Waals surface area contributed by atoms with Gasteiger partial charge in [0.05, 0.1) is 5.00 Å². The largest absolute Gasteiger partial charge is 0.378 e. The van der Waals surface area contributed by atoms with Crippen molar-refractivity contribution in [2.45, 2.75) is 25.4 Å². The van der Waals surface area contributed by atoms with Gasteiger partial charge in [-0.3, -0.25) is 4.99 Å². The quantitative estimate of drug-likeness (QED) is 0.626. The topological polar surface area (TPSA) is 42.9 Å². The number of aliphatic imine (C=N–C) groups is 1. The van der Waals surface area contributed by atoms with Gasteiger partial charge in [-0.2, -0.15) is 0 Å². The van der Waals surface area contributed by atoms with Crippen LogP contribution in [0.1, 0.15) is 18.4 Å². The summed E-state index contributed by atoms with van der Waals surface area (Å²) in [4.78, 5) is 8.98. The molecule has 3 rings (SSSR count). The van der Waals surface area contributed by atoms with Crippen molar-refractivity contribution in [3.05, 3.63) is 47.3 Å². The molecular weight excluding hydrogens is 342 g/mol. The average Bonchev–Trinajstić information content (AvgIpc) is 3.20. The fourth-order valence-corrected chi connectivity index (χ4v) is 3.97. The molecule has 1 fully saturated rings. The van der Waals surface area contributed by atoms with Crippen LogP contribution in [0.2, 0.25) is 0 Å². The van der Waals surface area contributed by atoms with Gasteiger partial charge in [0.15, 0.2) is 5.96 Å². The van der Waals surface area contributed by atoms with Crippen molar-refractivity contribution in [3.63, 3.8) is 0 Å². The molecule has 5 nitrogen and oxygen atoms in total. The van der Waals surface area contributed by atoms with Gasteiger partial charge >= 0.3 is 0 Å². The number of rotatable bonds is 5. The van der Waals surface area contributed by atoms with Crippen molar-refractivity contribution < 1.29 is 0 Å². The fourth-order valence-electron chi connectivity index (χ4n) is 3.18. The normalized spacial score (nSPS) is 15.8. The van der Waals surface area contributed by atoms with Crippen LogP contribution in [0.4, 0.5) is 10.7 Å². The van der Waals surface area contributed by atoms with Crippen LogP contribution in [0.25, 0.3) is 0 Å². The molecule has 2 heterocycles. The molecule has 0 amide bonds. The maximum Gasteiger partial charge on any atom is 0.191 e. The SMILES string of the molecule is CN=C(NCc1ccc(N(C)C)cc1)NC1CCN(c2cccs2)CC1. The third-order valence-corrected chi connectivity index (χ3v) is 5.72. The van der Waals surface area contributed by atoms with E-state index in [1.54, 1.807) is 0 Å². The lowest BCUT2D eigenvalue weighted by Crippen LogP contribution is -2.48. The van der Waals surface area contributed by atoms with Gasteiger partial charge in [-0.05, 0) is 48.1 Å². The first-order valence-corrected chi connectivity index (χ1v) is 10.1. The Hall–Kier alpha value is -2.21. The summed E-state index contributed by atoms with van der Waals surface area (Å²) in [7, 11) is 5.96. The molecule has 2 aromatic rings. The lowest BCUT2D eigenvalue weighted by Gasteiger charge is -2.33. The molecule has 0 aliphatic carbocycles. The third-order valence-electron chi connectivity index (χ3n) is 4.79. The van der Waals surface area contributed by atoms with E-state index >= 15 is 0 Å². The number of hydrogen-bond acceptors (Lipinski definition) is 4. The highest BCUT2D eigenvalue weighted by atomic mass is 32.1. The van der Waals surface area contributed by atoms with Gasteiger partial charge in [-0.1, -0.05) is 12.1 Å². The number of thiophene rings is 1. The fraction of sp³-hybridized carbons (Fsp3) is 0.450. The second-order valence-corrected chi connectivity index (χ2v) is 7.77. The maximum absolute atomic E-state index is 4.39. The molecule has 6 heteroatoms. The van der Waals surface area contributed by atoms with Crippen LogP contribution >= 0.6 is 11.3 Å². The Morgan fingerprint density at radius 1 is 1.19 bits per heavy atom. The van der Waals surface area contributed by atoms with Crippen LogP contribution in [0.15, 0.2) is 46.8 Å².